The van der Waals surface area contributed by atoms with Crippen molar-refractivity contribution in [2.24, 2.45) is 5.92 Å². The van der Waals surface area contributed by atoms with Crippen molar-refractivity contribution in [3.05, 3.63) is 36.5 Å². The highest BCUT2D eigenvalue weighted by molar-refractivity contribution is 6.18. The third kappa shape index (κ3) is 5.12. The summed E-state index contributed by atoms with van der Waals surface area (Å²) in [6.45, 7) is 5.59. The van der Waals surface area contributed by atoms with E-state index in [9.17, 15) is 32.3 Å². The predicted octanol–water partition coefficient (Wildman–Crippen LogP) is 2.61. The summed E-state index contributed by atoms with van der Waals surface area (Å²) in [4.78, 5) is 48.7. The fraction of sp³-hybridized carbons (Fsp3) is 0.333. The van der Waals surface area contributed by atoms with E-state index >= 15 is 0 Å². The average molecular weight is 412 g/mol. The predicted molar refractivity (Wildman–Crippen MR) is 97.5 cm³/mol. The summed E-state index contributed by atoms with van der Waals surface area (Å²) in [5.41, 5.74) is -0.388. The van der Waals surface area contributed by atoms with Crippen molar-refractivity contribution in [2.45, 2.75) is 25.9 Å². The first-order chi connectivity index (χ1) is 13.6. The summed E-state index contributed by atoms with van der Waals surface area (Å²) >= 11 is 0. The number of nitrogens with zero attached hydrogens (tertiary/aromatic N) is 1. The summed E-state index contributed by atoms with van der Waals surface area (Å²) < 4.78 is 37.6. The zero-order valence-electron chi connectivity index (χ0n) is 15.4. The van der Waals surface area contributed by atoms with Crippen molar-refractivity contribution >= 4 is 35.1 Å². The maximum atomic E-state index is 12.6. The van der Waals surface area contributed by atoms with Gasteiger partial charge in [-0.25, -0.2) is 4.79 Å². The third-order valence-corrected chi connectivity index (χ3v) is 4.06. The van der Waals surface area contributed by atoms with E-state index in [-0.39, 0.29) is 23.6 Å². The first-order valence-electron chi connectivity index (χ1n) is 8.65. The van der Waals surface area contributed by atoms with Crippen molar-refractivity contribution in [3.63, 3.8) is 0 Å². The van der Waals surface area contributed by atoms with E-state index < -0.39 is 35.8 Å². The average Bonchev–Trinajstić information content (AvgIpc) is 2.62. The van der Waals surface area contributed by atoms with E-state index in [1.807, 2.05) is 6.92 Å². The second-order valence-electron chi connectivity index (χ2n) is 6.22. The number of urea groups is 1. The molecule has 2 rings (SSSR count). The maximum absolute atomic E-state index is 12.6. The van der Waals surface area contributed by atoms with Gasteiger partial charge in [-0.15, -0.1) is 0 Å². The van der Waals surface area contributed by atoms with E-state index in [1.165, 1.54) is 24.3 Å². The summed E-state index contributed by atoms with van der Waals surface area (Å²) in [5.74, 6) is -5.33. The van der Waals surface area contributed by atoms with E-state index in [0.717, 1.165) is 4.90 Å². The SMILES string of the molecule is C=C(Nc1ccccc1NC(=O)C(F)(F)F)[C@H]1C(=O)NC(=O)N(CCCC)C1=O. The number of alkyl halides is 3. The molecular formula is C18H19F3N4O4. The van der Waals surface area contributed by atoms with Crippen LogP contribution < -0.4 is 16.0 Å². The number of hydrogen-bond acceptors (Lipinski definition) is 5. The molecule has 156 valence electrons. The molecule has 11 heteroatoms. The fourth-order valence-corrected chi connectivity index (χ4v) is 2.59. The van der Waals surface area contributed by atoms with Crippen LogP contribution in [0, 0.1) is 5.92 Å². The summed E-state index contributed by atoms with van der Waals surface area (Å²) in [5, 5.41) is 6.36. The molecule has 29 heavy (non-hydrogen) atoms. The van der Waals surface area contributed by atoms with E-state index in [2.05, 4.69) is 17.2 Å². The van der Waals surface area contributed by atoms with Gasteiger partial charge in [0.2, 0.25) is 11.8 Å². The summed E-state index contributed by atoms with van der Waals surface area (Å²) in [7, 11) is 0. The van der Waals surface area contributed by atoms with Gasteiger partial charge in [-0.2, -0.15) is 13.2 Å². The van der Waals surface area contributed by atoms with Crippen molar-refractivity contribution < 1.29 is 32.3 Å². The number of halogens is 3. The Labute approximate surface area is 164 Å². The number of rotatable bonds is 7. The van der Waals surface area contributed by atoms with Crippen molar-refractivity contribution in [1.29, 1.82) is 0 Å². The molecule has 0 saturated carbocycles. The molecule has 0 radical (unpaired) electrons. The van der Waals surface area contributed by atoms with E-state index in [4.69, 9.17) is 0 Å². The molecule has 3 N–H and O–H groups in total. The Kier molecular flexibility index (Phi) is 6.62. The van der Waals surface area contributed by atoms with Crippen LogP contribution in [0.1, 0.15) is 19.8 Å². The van der Waals surface area contributed by atoms with Crippen molar-refractivity contribution in [3.8, 4) is 0 Å². The van der Waals surface area contributed by atoms with Gasteiger partial charge >= 0.3 is 18.1 Å². The minimum Gasteiger partial charge on any atom is -0.357 e. The van der Waals surface area contributed by atoms with Crippen LogP contribution in [0.5, 0.6) is 0 Å². The number of benzene rings is 1. The lowest BCUT2D eigenvalue weighted by Crippen LogP contribution is -2.58. The van der Waals surface area contributed by atoms with Gasteiger partial charge in [-0.3, -0.25) is 24.6 Å². The molecule has 1 heterocycles. The van der Waals surface area contributed by atoms with E-state index in [0.29, 0.717) is 12.8 Å². The number of amides is 5. The van der Waals surface area contributed by atoms with Crippen LogP contribution in [0.3, 0.4) is 0 Å². The van der Waals surface area contributed by atoms with Crippen LogP contribution >= 0.6 is 0 Å². The van der Waals surface area contributed by atoms with Crippen LogP contribution in [0.4, 0.5) is 29.3 Å². The molecule has 5 amide bonds. The minimum atomic E-state index is -5.09. The van der Waals surface area contributed by atoms with Gasteiger partial charge in [-0.1, -0.05) is 32.1 Å². The Bertz CT molecular complexity index is 854. The second-order valence-corrected chi connectivity index (χ2v) is 6.22. The van der Waals surface area contributed by atoms with E-state index in [1.54, 1.807) is 5.32 Å². The molecule has 1 saturated heterocycles. The molecule has 0 unspecified atom stereocenters. The zero-order chi connectivity index (χ0) is 21.8. The number of anilines is 2. The molecule has 1 aliphatic rings. The van der Waals surface area contributed by atoms with Gasteiger partial charge < -0.3 is 10.6 Å². The first kappa shape index (κ1) is 21.9. The number of carbonyl (C=O) groups is 4. The van der Waals surface area contributed by atoms with Crippen LogP contribution in [0.2, 0.25) is 0 Å². The molecule has 8 nitrogen and oxygen atoms in total. The standard InChI is InChI=1S/C18H19F3N4O4/c1-3-4-9-25-15(27)13(14(26)24-17(25)29)10(2)22-11-7-5-6-8-12(11)23-16(28)18(19,20)21/h5-8,13,22H,2-4,9H2,1H3,(H,23,28)(H,24,26,29)/t13-/m0/s1. The molecule has 1 atom stereocenters. The molecule has 0 bridgehead atoms. The van der Waals surface area contributed by atoms with Crippen LogP contribution in [-0.4, -0.2) is 41.4 Å². The Balaban J connectivity index is 2.21. The Morgan fingerprint density at radius 3 is 2.31 bits per heavy atom. The van der Waals surface area contributed by atoms with Gasteiger partial charge in [0.25, 0.3) is 0 Å². The lowest BCUT2D eigenvalue weighted by molar-refractivity contribution is -0.167. The molecule has 0 spiro atoms. The topological polar surface area (TPSA) is 108 Å². The molecule has 0 aromatic heterocycles. The largest absolute Gasteiger partial charge is 0.471 e. The second kappa shape index (κ2) is 8.76. The van der Waals surface area contributed by atoms with Gasteiger partial charge in [0.15, 0.2) is 5.92 Å². The zero-order valence-corrected chi connectivity index (χ0v) is 15.4. The highest BCUT2D eigenvalue weighted by Crippen LogP contribution is 2.28. The molecule has 0 aliphatic carbocycles. The van der Waals surface area contributed by atoms with Crippen LogP contribution in [-0.2, 0) is 14.4 Å². The third-order valence-electron chi connectivity index (χ3n) is 4.06. The maximum Gasteiger partial charge on any atom is 0.471 e. The normalized spacial score (nSPS) is 17.0. The lowest BCUT2D eigenvalue weighted by Gasteiger charge is -2.31. The highest BCUT2D eigenvalue weighted by atomic mass is 19.4. The molecule has 1 fully saturated rings. The Hall–Kier alpha value is -3.37. The van der Waals surface area contributed by atoms with Crippen LogP contribution in [0.25, 0.3) is 0 Å². The smallest absolute Gasteiger partial charge is 0.357 e. The number of nitrogens with one attached hydrogen (secondary N) is 3. The summed E-state index contributed by atoms with van der Waals surface area (Å²) in [6, 6.07) is 4.57. The first-order valence-corrected chi connectivity index (χ1v) is 8.65. The van der Waals surface area contributed by atoms with Gasteiger partial charge in [0, 0.05) is 12.2 Å². The molecular weight excluding hydrogens is 393 g/mol. The van der Waals surface area contributed by atoms with Gasteiger partial charge in [-0.05, 0) is 18.6 Å². The number of imide groups is 2. The van der Waals surface area contributed by atoms with Gasteiger partial charge in [0.1, 0.15) is 0 Å². The van der Waals surface area contributed by atoms with Gasteiger partial charge in [0.05, 0.1) is 11.4 Å². The number of carbonyl (C=O) groups excluding carboxylic acids is 4. The van der Waals surface area contributed by atoms with Crippen molar-refractivity contribution in [2.75, 3.05) is 17.2 Å². The fourth-order valence-electron chi connectivity index (χ4n) is 2.59. The summed E-state index contributed by atoms with van der Waals surface area (Å²) in [6.07, 6.45) is -3.85. The number of hydrogen-bond donors (Lipinski definition) is 3. The number of unbranched alkanes of at least 4 members (excludes halogenated alkanes) is 1. The van der Waals surface area contributed by atoms with Crippen LogP contribution in [0.15, 0.2) is 36.5 Å². The molecule has 1 aromatic rings. The number of para-hydroxylation sites is 2. The lowest BCUT2D eigenvalue weighted by atomic mass is 10.0. The Morgan fingerprint density at radius 2 is 1.76 bits per heavy atom. The quantitative estimate of drug-likeness (QED) is 0.597. The number of barbiturate groups is 1. The monoisotopic (exact) mass is 412 g/mol. The highest BCUT2D eigenvalue weighted by Gasteiger charge is 2.42. The van der Waals surface area contributed by atoms with Crippen molar-refractivity contribution in [1.82, 2.24) is 10.2 Å². The Morgan fingerprint density at radius 1 is 1.17 bits per heavy atom. The minimum absolute atomic E-state index is 0.00675. The molecule has 1 aliphatic heterocycles. The molecule has 1 aromatic carbocycles.